The van der Waals surface area contributed by atoms with Crippen molar-refractivity contribution in [2.75, 3.05) is 13.1 Å². The van der Waals surface area contributed by atoms with Gasteiger partial charge in [-0.25, -0.2) is 5.01 Å². The number of hydrazone groups is 1. The molecule has 28 heavy (non-hydrogen) atoms. The Morgan fingerprint density at radius 2 is 1.54 bits per heavy atom. The van der Waals surface area contributed by atoms with Crippen molar-refractivity contribution in [3.8, 4) is 5.75 Å². The summed E-state index contributed by atoms with van der Waals surface area (Å²) in [4.78, 5) is 14.8. The van der Waals surface area contributed by atoms with Crippen molar-refractivity contribution >= 4 is 11.6 Å². The Morgan fingerprint density at radius 1 is 0.857 bits per heavy atom. The Hall–Kier alpha value is -1.88. The molecular weight excluding hydrogens is 350 g/mol. The Labute approximate surface area is 167 Å². The summed E-state index contributed by atoms with van der Waals surface area (Å²) in [5.41, 5.74) is 2.15. The van der Waals surface area contributed by atoms with Crippen LogP contribution < -0.4 is 4.74 Å². The van der Waals surface area contributed by atoms with Crippen molar-refractivity contribution in [2.24, 2.45) is 5.10 Å². The van der Waals surface area contributed by atoms with E-state index in [4.69, 9.17) is 9.84 Å². The zero-order valence-corrected chi connectivity index (χ0v) is 16.7. The van der Waals surface area contributed by atoms with E-state index in [0.717, 1.165) is 55.2 Å². The summed E-state index contributed by atoms with van der Waals surface area (Å²) in [7, 11) is 0. The van der Waals surface area contributed by atoms with E-state index in [1.807, 2.05) is 0 Å². The molecular formula is C23H31N3O2. The van der Waals surface area contributed by atoms with E-state index < -0.39 is 0 Å². The Morgan fingerprint density at radius 3 is 2.14 bits per heavy atom. The van der Waals surface area contributed by atoms with E-state index in [1.165, 1.54) is 38.8 Å². The molecule has 0 N–H and O–H groups in total. The average molecular weight is 382 g/mol. The minimum atomic E-state index is 0.182. The van der Waals surface area contributed by atoms with Crippen molar-refractivity contribution < 1.29 is 9.53 Å². The summed E-state index contributed by atoms with van der Waals surface area (Å²) in [6.45, 7) is 2.35. The maximum absolute atomic E-state index is 12.2. The van der Waals surface area contributed by atoms with Crippen LogP contribution in [0.4, 0.5) is 0 Å². The van der Waals surface area contributed by atoms with Crippen LogP contribution in [0.25, 0.3) is 0 Å². The number of carbonyl (C=O) groups excluding carboxylic acids is 1. The van der Waals surface area contributed by atoms with Gasteiger partial charge in [-0.2, -0.15) is 5.10 Å². The maximum Gasteiger partial charge on any atom is 0.243 e. The third-order valence-corrected chi connectivity index (χ3v) is 7.04. The van der Waals surface area contributed by atoms with E-state index in [9.17, 15) is 4.79 Å². The molecule has 3 fully saturated rings. The number of carbonyl (C=O) groups is 1. The fraction of sp³-hybridized carbons (Fsp3) is 0.652. The van der Waals surface area contributed by atoms with Gasteiger partial charge in [-0.1, -0.05) is 6.42 Å². The molecule has 2 aliphatic heterocycles. The van der Waals surface area contributed by atoms with Gasteiger partial charge in [0.2, 0.25) is 5.91 Å². The van der Waals surface area contributed by atoms with E-state index in [0.29, 0.717) is 18.6 Å². The van der Waals surface area contributed by atoms with Crippen LogP contribution in [0.2, 0.25) is 0 Å². The minimum Gasteiger partial charge on any atom is -0.490 e. The van der Waals surface area contributed by atoms with Crippen molar-refractivity contribution in [1.82, 2.24) is 9.91 Å². The molecule has 0 unspecified atom stereocenters. The van der Waals surface area contributed by atoms with Gasteiger partial charge in [0.15, 0.2) is 0 Å². The molecule has 0 aromatic heterocycles. The molecule has 0 radical (unpaired) electrons. The first kappa shape index (κ1) is 18.2. The summed E-state index contributed by atoms with van der Waals surface area (Å²) in [5, 5.41) is 6.45. The Bertz CT molecular complexity index is 729. The molecule has 5 rings (SSSR count). The lowest BCUT2D eigenvalue weighted by Crippen LogP contribution is -2.46. The number of likely N-dealkylation sites (tertiary alicyclic amines) is 1. The predicted octanol–water partition coefficient (Wildman–Crippen LogP) is 3.96. The van der Waals surface area contributed by atoms with Crippen LogP contribution in [0.15, 0.2) is 29.4 Å². The highest BCUT2D eigenvalue weighted by atomic mass is 16.5. The van der Waals surface area contributed by atoms with Crippen LogP contribution in [0.5, 0.6) is 5.75 Å². The molecule has 5 nitrogen and oxygen atoms in total. The van der Waals surface area contributed by atoms with Gasteiger partial charge < -0.3 is 9.64 Å². The topological polar surface area (TPSA) is 45.1 Å². The standard InChI is InChI=1S/C23H31N3O2/c27-23-12-11-22(24-26(23)19-5-2-6-19)17-7-9-20(10-8-17)28-21-13-15-25(16-14-21)18-3-1-4-18/h7-10,18-19,21H,1-6,11-16H2. The van der Waals surface area contributed by atoms with Crippen molar-refractivity contribution in [3.63, 3.8) is 0 Å². The third-order valence-electron chi connectivity index (χ3n) is 7.04. The molecule has 5 heteroatoms. The van der Waals surface area contributed by atoms with Crippen LogP contribution in [-0.2, 0) is 4.79 Å². The van der Waals surface area contributed by atoms with Crippen LogP contribution in [0.3, 0.4) is 0 Å². The lowest BCUT2D eigenvalue weighted by molar-refractivity contribution is -0.135. The van der Waals surface area contributed by atoms with Gasteiger partial charge in [0.25, 0.3) is 0 Å². The van der Waals surface area contributed by atoms with Gasteiger partial charge in [-0.3, -0.25) is 4.79 Å². The first-order chi connectivity index (χ1) is 13.8. The number of benzene rings is 1. The second-order valence-electron chi connectivity index (χ2n) is 8.83. The summed E-state index contributed by atoms with van der Waals surface area (Å²) < 4.78 is 6.25. The predicted molar refractivity (Wildman–Crippen MR) is 110 cm³/mol. The van der Waals surface area contributed by atoms with E-state index >= 15 is 0 Å². The summed E-state index contributed by atoms with van der Waals surface area (Å²) in [6, 6.07) is 9.53. The Balaban J connectivity index is 1.18. The number of hydrogen-bond acceptors (Lipinski definition) is 4. The van der Waals surface area contributed by atoms with Crippen LogP contribution in [0.1, 0.15) is 69.8 Å². The van der Waals surface area contributed by atoms with Gasteiger partial charge in [-0.05, 0) is 74.8 Å². The fourth-order valence-electron chi connectivity index (χ4n) is 4.72. The van der Waals surface area contributed by atoms with Gasteiger partial charge >= 0.3 is 0 Å². The summed E-state index contributed by atoms with van der Waals surface area (Å²) in [6.07, 6.45) is 11.5. The van der Waals surface area contributed by atoms with Crippen LogP contribution in [-0.4, -0.2) is 52.8 Å². The number of nitrogens with zero attached hydrogens (tertiary/aromatic N) is 3. The number of ether oxygens (including phenoxy) is 1. The normalized spacial score (nSPS) is 25.2. The molecule has 150 valence electrons. The van der Waals surface area contributed by atoms with Crippen LogP contribution in [0, 0.1) is 0 Å². The van der Waals surface area contributed by atoms with Gasteiger partial charge in [0, 0.05) is 32.0 Å². The van der Waals surface area contributed by atoms with E-state index in [1.54, 1.807) is 5.01 Å². The van der Waals surface area contributed by atoms with Crippen molar-refractivity contribution in [2.45, 2.75) is 82.4 Å². The molecule has 1 aromatic rings. The lowest BCUT2D eigenvalue weighted by Gasteiger charge is -2.41. The second-order valence-corrected chi connectivity index (χ2v) is 8.83. The van der Waals surface area contributed by atoms with Gasteiger partial charge in [0.1, 0.15) is 11.9 Å². The first-order valence-electron chi connectivity index (χ1n) is 11.2. The second kappa shape index (κ2) is 7.86. The number of piperidine rings is 1. The SMILES string of the molecule is O=C1CCC(c2ccc(OC3CCN(C4CCC4)CC3)cc2)=NN1C1CCC1. The molecule has 2 aliphatic carbocycles. The molecule has 0 atom stereocenters. The van der Waals surface area contributed by atoms with Crippen molar-refractivity contribution in [3.05, 3.63) is 29.8 Å². The Kier molecular flexibility index (Phi) is 5.10. The first-order valence-corrected chi connectivity index (χ1v) is 11.2. The quantitative estimate of drug-likeness (QED) is 0.775. The monoisotopic (exact) mass is 381 g/mol. The molecule has 0 spiro atoms. The van der Waals surface area contributed by atoms with Crippen molar-refractivity contribution in [1.29, 1.82) is 0 Å². The van der Waals surface area contributed by atoms with Crippen LogP contribution >= 0.6 is 0 Å². The minimum absolute atomic E-state index is 0.182. The van der Waals surface area contributed by atoms with E-state index in [2.05, 4.69) is 29.2 Å². The maximum atomic E-state index is 12.2. The summed E-state index contributed by atoms with van der Waals surface area (Å²) in [5.74, 6) is 1.14. The molecule has 1 saturated heterocycles. The fourth-order valence-corrected chi connectivity index (χ4v) is 4.72. The highest BCUT2D eigenvalue weighted by molar-refractivity contribution is 6.04. The largest absolute Gasteiger partial charge is 0.490 e. The van der Waals surface area contributed by atoms with Gasteiger partial charge in [0.05, 0.1) is 11.8 Å². The smallest absolute Gasteiger partial charge is 0.243 e. The molecule has 2 saturated carbocycles. The average Bonchev–Trinajstić information content (AvgIpc) is 2.63. The van der Waals surface area contributed by atoms with E-state index in [-0.39, 0.29) is 5.91 Å². The van der Waals surface area contributed by atoms with Gasteiger partial charge in [-0.15, -0.1) is 0 Å². The summed E-state index contributed by atoms with van der Waals surface area (Å²) >= 11 is 0. The zero-order valence-electron chi connectivity index (χ0n) is 16.7. The molecule has 2 heterocycles. The molecule has 4 aliphatic rings. The molecule has 1 aromatic carbocycles. The highest BCUT2D eigenvalue weighted by Crippen LogP contribution is 2.30. The molecule has 1 amide bonds. The lowest BCUT2D eigenvalue weighted by atomic mass is 9.90. The number of hydrogen-bond donors (Lipinski definition) is 0. The third kappa shape index (κ3) is 3.69. The number of rotatable bonds is 5. The zero-order chi connectivity index (χ0) is 18.9. The number of amides is 1. The molecule has 0 bridgehead atoms. The highest BCUT2D eigenvalue weighted by Gasteiger charge is 2.32.